The summed E-state index contributed by atoms with van der Waals surface area (Å²) >= 11 is 3.11. The third-order valence-electron chi connectivity index (χ3n) is 1.91. The van der Waals surface area contributed by atoms with Gasteiger partial charge in [0.25, 0.3) is 5.91 Å². The number of hydrogen-bond donors (Lipinski definition) is 1. The molecule has 0 unspecified atom stereocenters. The molecular weight excluding hydrogens is 331 g/mol. The van der Waals surface area contributed by atoms with Gasteiger partial charge in [0.15, 0.2) is 6.61 Å². The van der Waals surface area contributed by atoms with Crippen molar-refractivity contribution in [3.8, 4) is 0 Å². The van der Waals surface area contributed by atoms with Gasteiger partial charge in [0.2, 0.25) is 0 Å². The summed E-state index contributed by atoms with van der Waals surface area (Å²) in [7, 11) is 0. The standard InChI is InChI=1S/C11H9BrF3NO3/c12-8-4-2-1-3-7(8)10(18)19-5-9(17)16-6-11(13,14)15/h1-4H,5-6H2,(H,16,17). The van der Waals surface area contributed by atoms with Crippen molar-refractivity contribution in [1.29, 1.82) is 0 Å². The van der Waals surface area contributed by atoms with E-state index in [2.05, 4.69) is 20.7 Å². The number of nitrogens with one attached hydrogen (secondary N) is 1. The Kier molecular flexibility index (Phi) is 5.34. The Morgan fingerprint density at radius 3 is 2.47 bits per heavy atom. The van der Waals surface area contributed by atoms with Crippen LogP contribution in [0.1, 0.15) is 10.4 Å². The predicted octanol–water partition coefficient (Wildman–Crippen LogP) is 2.28. The van der Waals surface area contributed by atoms with Crippen molar-refractivity contribution in [2.75, 3.05) is 13.2 Å². The fourth-order valence-corrected chi connectivity index (χ4v) is 1.53. The number of benzene rings is 1. The molecular formula is C11H9BrF3NO3. The van der Waals surface area contributed by atoms with E-state index in [0.29, 0.717) is 4.47 Å². The van der Waals surface area contributed by atoms with E-state index in [-0.39, 0.29) is 5.56 Å². The van der Waals surface area contributed by atoms with Crippen LogP contribution in [0.15, 0.2) is 28.7 Å². The Morgan fingerprint density at radius 1 is 1.26 bits per heavy atom. The van der Waals surface area contributed by atoms with Gasteiger partial charge in [-0.25, -0.2) is 4.79 Å². The monoisotopic (exact) mass is 339 g/mol. The van der Waals surface area contributed by atoms with Crippen LogP contribution in [0.25, 0.3) is 0 Å². The van der Waals surface area contributed by atoms with Crippen LogP contribution in [0.4, 0.5) is 13.2 Å². The van der Waals surface area contributed by atoms with Crippen LogP contribution in [-0.4, -0.2) is 31.2 Å². The molecule has 8 heteroatoms. The number of hydrogen-bond acceptors (Lipinski definition) is 3. The first-order valence-electron chi connectivity index (χ1n) is 5.04. The van der Waals surface area contributed by atoms with Crippen LogP contribution in [0.3, 0.4) is 0 Å². The lowest BCUT2D eigenvalue weighted by molar-refractivity contribution is -0.140. The minimum absolute atomic E-state index is 0.186. The van der Waals surface area contributed by atoms with Crippen LogP contribution >= 0.6 is 15.9 Å². The Morgan fingerprint density at radius 2 is 1.89 bits per heavy atom. The smallest absolute Gasteiger partial charge is 0.405 e. The van der Waals surface area contributed by atoms with E-state index in [0.717, 1.165) is 0 Å². The summed E-state index contributed by atoms with van der Waals surface area (Å²) in [6.07, 6.45) is -4.50. The molecule has 0 atom stereocenters. The molecule has 0 aromatic heterocycles. The Hall–Kier alpha value is -1.57. The lowest BCUT2D eigenvalue weighted by atomic mass is 10.2. The van der Waals surface area contributed by atoms with Crippen LogP contribution in [0.5, 0.6) is 0 Å². The third kappa shape index (κ3) is 5.73. The molecule has 0 spiro atoms. The van der Waals surface area contributed by atoms with Gasteiger partial charge in [-0.1, -0.05) is 12.1 Å². The van der Waals surface area contributed by atoms with E-state index in [1.54, 1.807) is 23.5 Å². The van der Waals surface area contributed by atoms with Gasteiger partial charge in [-0.15, -0.1) is 0 Å². The first-order valence-corrected chi connectivity index (χ1v) is 5.84. The van der Waals surface area contributed by atoms with Gasteiger partial charge < -0.3 is 10.1 Å². The first-order chi connectivity index (χ1) is 8.79. The SMILES string of the molecule is O=C(COC(=O)c1ccccc1Br)NCC(F)(F)F. The normalized spacial score (nSPS) is 10.9. The molecule has 0 aliphatic carbocycles. The number of alkyl halides is 3. The summed E-state index contributed by atoms with van der Waals surface area (Å²) in [5, 5.41) is 1.59. The molecule has 0 saturated carbocycles. The fourth-order valence-electron chi connectivity index (χ4n) is 1.09. The van der Waals surface area contributed by atoms with Crippen LogP contribution in [-0.2, 0) is 9.53 Å². The van der Waals surface area contributed by atoms with E-state index in [9.17, 15) is 22.8 Å². The van der Waals surface area contributed by atoms with E-state index >= 15 is 0 Å². The second-order valence-electron chi connectivity index (χ2n) is 3.45. The van der Waals surface area contributed by atoms with E-state index in [4.69, 9.17) is 0 Å². The number of ether oxygens (including phenoxy) is 1. The van der Waals surface area contributed by atoms with E-state index in [1.807, 2.05) is 0 Å². The third-order valence-corrected chi connectivity index (χ3v) is 2.61. The molecule has 0 bridgehead atoms. The van der Waals surface area contributed by atoms with Crippen molar-refractivity contribution in [1.82, 2.24) is 5.32 Å². The number of esters is 1. The van der Waals surface area contributed by atoms with Crippen LogP contribution in [0, 0.1) is 0 Å². The molecule has 1 rings (SSSR count). The number of rotatable bonds is 4. The maximum Gasteiger partial charge on any atom is 0.405 e. The summed E-state index contributed by atoms with van der Waals surface area (Å²) in [6.45, 7) is -2.23. The zero-order valence-corrected chi connectivity index (χ0v) is 11.0. The average Bonchev–Trinajstić information content (AvgIpc) is 2.33. The van der Waals surface area contributed by atoms with E-state index < -0.39 is 31.2 Å². The van der Waals surface area contributed by atoms with Gasteiger partial charge in [0.1, 0.15) is 6.54 Å². The topological polar surface area (TPSA) is 55.4 Å². The second kappa shape index (κ2) is 6.55. The highest BCUT2D eigenvalue weighted by Crippen LogP contribution is 2.16. The maximum atomic E-state index is 11.8. The maximum absolute atomic E-state index is 11.8. The zero-order valence-electron chi connectivity index (χ0n) is 9.46. The van der Waals surface area contributed by atoms with E-state index in [1.165, 1.54) is 6.07 Å². The number of halogens is 4. The zero-order chi connectivity index (χ0) is 14.5. The second-order valence-corrected chi connectivity index (χ2v) is 4.30. The molecule has 0 heterocycles. The molecule has 1 aromatic rings. The first kappa shape index (κ1) is 15.5. The minimum Gasteiger partial charge on any atom is -0.452 e. The lowest BCUT2D eigenvalue weighted by Gasteiger charge is -2.09. The highest BCUT2D eigenvalue weighted by molar-refractivity contribution is 9.10. The molecule has 0 aliphatic rings. The minimum atomic E-state index is -4.50. The molecule has 1 N–H and O–H groups in total. The predicted molar refractivity (Wildman–Crippen MR) is 63.5 cm³/mol. The van der Waals surface area contributed by atoms with Gasteiger partial charge >= 0.3 is 12.1 Å². The van der Waals surface area contributed by atoms with Crippen molar-refractivity contribution in [2.24, 2.45) is 0 Å². The fraction of sp³-hybridized carbons (Fsp3) is 0.273. The largest absolute Gasteiger partial charge is 0.452 e. The summed E-state index contributed by atoms with van der Waals surface area (Å²) in [6, 6.07) is 6.32. The molecule has 0 radical (unpaired) electrons. The van der Waals surface area contributed by atoms with Gasteiger partial charge in [0.05, 0.1) is 5.56 Å². The molecule has 104 valence electrons. The lowest BCUT2D eigenvalue weighted by Crippen LogP contribution is -2.36. The van der Waals surface area contributed by atoms with Crippen molar-refractivity contribution in [3.05, 3.63) is 34.3 Å². The Labute approximate surface area is 115 Å². The van der Waals surface area contributed by atoms with Crippen molar-refractivity contribution >= 4 is 27.8 Å². The van der Waals surface area contributed by atoms with Gasteiger partial charge in [0, 0.05) is 4.47 Å². The van der Waals surface area contributed by atoms with Crippen molar-refractivity contribution in [3.63, 3.8) is 0 Å². The number of carbonyl (C=O) groups excluding carboxylic acids is 2. The van der Waals surface area contributed by atoms with Crippen LogP contribution < -0.4 is 5.32 Å². The van der Waals surface area contributed by atoms with Crippen molar-refractivity contribution < 1.29 is 27.5 Å². The van der Waals surface area contributed by atoms with Gasteiger partial charge in [-0.3, -0.25) is 4.79 Å². The summed E-state index contributed by atoms with van der Waals surface area (Å²) < 4.78 is 40.5. The summed E-state index contributed by atoms with van der Waals surface area (Å²) in [5.41, 5.74) is 0.186. The molecule has 4 nitrogen and oxygen atoms in total. The number of carbonyl (C=O) groups is 2. The summed E-state index contributed by atoms with van der Waals surface area (Å²) in [5.74, 6) is -1.81. The van der Waals surface area contributed by atoms with Crippen LogP contribution in [0.2, 0.25) is 0 Å². The molecule has 1 aromatic carbocycles. The number of amides is 1. The quantitative estimate of drug-likeness (QED) is 0.856. The molecule has 0 fully saturated rings. The molecule has 1 amide bonds. The highest BCUT2D eigenvalue weighted by atomic mass is 79.9. The van der Waals surface area contributed by atoms with Gasteiger partial charge in [-0.2, -0.15) is 13.2 Å². The molecule has 19 heavy (non-hydrogen) atoms. The van der Waals surface area contributed by atoms with Crippen molar-refractivity contribution in [2.45, 2.75) is 6.18 Å². The molecule has 0 saturated heterocycles. The Bertz CT molecular complexity index is 476. The highest BCUT2D eigenvalue weighted by Gasteiger charge is 2.27. The average molecular weight is 340 g/mol. The Balaban J connectivity index is 2.43. The molecule has 0 aliphatic heterocycles. The van der Waals surface area contributed by atoms with Gasteiger partial charge in [-0.05, 0) is 28.1 Å². The summed E-state index contributed by atoms with van der Waals surface area (Å²) in [4.78, 5) is 22.5.